The first kappa shape index (κ1) is 19.3. The fourth-order valence-electron chi connectivity index (χ4n) is 1.90. The molecule has 0 radical (unpaired) electrons. The molecule has 0 aliphatic carbocycles. The summed E-state index contributed by atoms with van der Waals surface area (Å²) >= 11 is 0. The molecule has 2 aromatic carbocycles. The van der Waals surface area contributed by atoms with Gasteiger partial charge in [-0.15, -0.1) is 0 Å². The molecule has 2 aromatic rings. The van der Waals surface area contributed by atoms with Gasteiger partial charge in [-0.25, -0.2) is 9.18 Å². The quantitative estimate of drug-likeness (QED) is 0.251. The Balaban J connectivity index is 2.05. The summed E-state index contributed by atoms with van der Waals surface area (Å²) in [4.78, 5) is 22.0. The second kappa shape index (κ2) is 7.91. The van der Waals surface area contributed by atoms with Crippen LogP contribution in [0, 0.1) is 15.9 Å². The second-order valence-electron chi connectivity index (χ2n) is 5.06. The topological polar surface area (TPSA) is 78.7 Å². The molecule has 0 unspecified atom stereocenters. The highest BCUT2D eigenvalue weighted by molar-refractivity contribution is 5.91. The molecular weight excluding hydrogens is 362 g/mol. The molecule has 0 aromatic heterocycles. The van der Waals surface area contributed by atoms with Crippen LogP contribution < -0.4 is 4.74 Å². The van der Waals surface area contributed by atoms with Crippen LogP contribution in [0.4, 0.5) is 23.2 Å². The number of benzene rings is 2. The van der Waals surface area contributed by atoms with Crippen molar-refractivity contribution in [3.8, 4) is 5.75 Å². The molecule has 0 N–H and O–H groups in total. The number of carbonyl (C=O) groups is 1. The Morgan fingerprint density at radius 2 is 1.77 bits per heavy atom. The zero-order chi connectivity index (χ0) is 19.3. The lowest BCUT2D eigenvalue weighted by molar-refractivity contribution is -0.385. The molecule has 2 rings (SSSR count). The normalized spacial score (nSPS) is 11.2. The van der Waals surface area contributed by atoms with E-state index < -0.39 is 40.9 Å². The van der Waals surface area contributed by atoms with Gasteiger partial charge in [-0.05, 0) is 23.8 Å². The van der Waals surface area contributed by atoms with E-state index in [1.165, 1.54) is 24.3 Å². The summed E-state index contributed by atoms with van der Waals surface area (Å²) in [6.45, 7) is -1.72. The van der Waals surface area contributed by atoms with Gasteiger partial charge in [0.15, 0.2) is 0 Å². The molecule has 10 heteroatoms. The van der Waals surface area contributed by atoms with Crippen molar-refractivity contribution in [2.75, 3.05) is 6.61 Å². The minimum atomic E-state index is -4.44. The first-order valence-corrected chi connectivity index (χ1v) is 7.05. The molecule has 0 bridgehead atoms. The molecule has 0 amide bonds. The second-order valence-corrected chi connectivity index (χ2v) is 5.06. The fourth-order valence-corrected chi connectivity index (χ4v) is 1.90. The van der Waals surface area contributed by atoms with E-state index in [1.54, 1.807) is 0 Å². The van der Waals surface area contributed by atoms with Crippen LogP contribution in [0.15, 0.2) is 42.5 Å². The van der Waals surface area contributed by atoms with Crippen molar-refractivity contribution in [2.24, 2.45) is 0 Å². The van der Waals surface area contributed by atoms with E-state index in [1.807, 2.05) is 0 Å². The third-order valence-electron chi connectivity index (χ3n) is 3.05. The summed E-state index contributed by atoms with van der Waals surface area (Å²) < 4.78 is 58.5. The van der Waals surface area contributed by atoms with Crippen LogP contribution in [-0.2, 0) is 11.3 Å². The Hall–Kier alpha value is -3.01. The number of esters is 1. The molecule has 0 atom stereocenters. The van der Waals surface area contributed by atoms with Crippen molar-refractivity contribution < 1.29 is 36.8 Å². The van der Waals surface area contributed by atoms with Crippen molar-refractivity contribution in [2.45, 2.75) is 12.8 Å². The molecule has 26 heavy (non-hydrogen) atoms. The van der Waals surface area contributed by atoms with Gasteiger partial charge in [-0.2, -0.15) is 13.2 Å². The smallest absolute Gasteiger partial charge is 0.411 e. The number of hydrogen-bond donors (Lipinski definition) is 0. The number of ether oxygens (including phenoxy) is 2. The summed E-state index contributed by atoms with van der Waals surface area (Å²) in [7, 11) is 0. The van der Waals surface area contributed by atoms with Crippen LogP contribution in [-0.4, -0.2) is 23.7 Å². The van der Waals surface area contributed by atoms with E-state index in [-0.39, 0.29) is 12.2 Å². The van der Waals surface area contributed by atoms with Crippen molar-refractivity contribution in [1.82, 2.24) is 0 Å². The third-order valence-corrected chi connectivity index (χ3v) is 3.05. The lowest BCUT2D eigenvalue weighted by Gasteiger charge is -2.08. The van der Waals surface area contributed by atoms with Gasteiger partial charge in [0.25, 0.3) is 0 Å². The van der Waals surface area contributed by atoms with Crippen LogP contribution >= 0.6 is 0 Å². The van der Waals surface area contributed by atoms with Crippen molar-refractivity contribution in [3.05, 3.63) is 69.5 Å². The maximum atomic E-state index is 13.2. The van der Waals surface area contributed by atoms with E-state index in [0.717, 1.165) is 12.1 Å². The van der Waals surface area contributed by atoms with Crippen LogP contribution in [0.25, 0.3) is 0 Å². The summed E-state index contributed by atoms with van der Waals surface area (Å²) in [5, 5.41) is 10.9. The standard InChI is InChI=1S/C16H11F4NO5/c17-12-5-6-13(21(23)24)14(7-12)26-15(22)11-3-1-10(2-4-11)8-25-9-16(18,19)20/h1-7H,8-9H2. The monoisotopic (exact) mass is 373 g/mol. The minimum absolute atomic E-state index is 0.0249. The Labute approximate surface area is 144 Å². The molecule has 0 saturated heterocycles. The lowest BCUT2D eigenvalue weighted by Crippen LogP contribution is -2.16. The van der Waals surface area contributed by atoms with E-state index >= 15 is 0 Å². The van der Waals surface area contributed by atoms with Crippen LogP contribution in [0.3, 0.4) is 0 Å². The van der Waals surface area contributed by atoms with E-state index in [2.05, 4.69) is 4.74 Å². The fraction of sp³-hybridized carbons (Fsp3) is 0.188. The van der Waals surface area contributed by atoms with Gasteiger partial charge in [0, 0.05) is 12.1 Å². The molecule has 0 heterocycles. The summed E-state index contributed by atoms with van der Waals surface area (Å²) in [6, 6.07) is 7.60. The van der Waals surface area contributed by atoms with Crippen LogP contribution in [0.1, 0.15) is 15.9 Å². The minimum Gasteiger partial charge on any atom is -0.415 e. The zero-order valence-electron chi connectivity index (χ0n) is 13.0. The zero-order valence-corrected chi connectivity index (χ0v) is 13.0. The number of nitrogens with zero attached hydrogens (tertiary/aromatic N) is 1. The number of carbonyl (C=O) groups excluding carboxylic acids is 1. The van der Waals surface area contributed by atoms with E-state index in [0.29, 0.717) is 11.6 Å². The van der Waals surface area contributed by atoms with Gasteiger partial charge in [-0.3, -0.25) is 10.1 Å². The molecule has 0 aliphatic heterocycles. The first-order chi connectivity index (χ1) is 12.2. The molecular formula is C16H11F4NO5. The number of nitro groups is 1. The Bertz CT molecular complexity index is 805. The van der Waals surface area contributed by atoms with E-state index in [9.17, 15) is 32.5 Å². The van der Waals surface area contributed by atoms with Gasteiger partial charge in [0.2, 0.25) is 5.75 Å². The van der Waals surface area contributed by atoms with Gasteiger partial charge in [0.05, 0.1) is 17.1 Å². The molecule has 0 aliphatic rings. The van der Waals surface area contributed by atoms with Crippen molar-refractivity contribution in [3.63, 3.8) is 0 Å². The first-order valence-electron chi connectivity index (χ1n) is 7.05. The lowest BCUT2D eigenvalue weighted by atomic mass is 10.1. The van der Waals surface area contributed by atoms with E-state index in [4.69, 9.17) is 4.74 Å². The Kier molecular flexibility index (Phi) is 5.88. The average Bonchev–Trinajstić information content (AvgIpc) is 2.54. The van der Waals surface area contributed by atoms with Crippen LogP contribution in [0.5, 0.6) is 5.75 Å². The number of halogens is 4. The summed E-state index contributed by atoms with van der Waals surface area (Å²) in [6.07, 6.45) is -4.44. The molecule has 6 nitrogen and oxygen atoms in total. The molecule has 0 fully saturated rings. The van der Waals surface area contributed by atoms with Gasteiger partial charge in [0.1, 0.15) is 12.4 Å². The predicted octanol–water partition coefficient (Wildman–Crippen LogP) is 4.03. The third kappa shape index (κ3) is 5.52. The Morgan fingerprint density at radius 1 is 1.12 bits per heavy atom. The number of rotatable bonds is 6. The highest BCUT2D eigenvalue weighted by Gasteiger charge is 2.27. The van der Waals surface area contributed by atoms with Crippen LogP contribution in [0.2, 0.25) is 0 Å². The maximum Gasteiger partial charge on any atom is 0.411 e. The number of hydrogen-bond acceptors (Lipinski definition) is 5. The van der Waals surface area contributed by atoms with Gasteiger partial charge < -0.3 is 9.47 Å². The summed E-state index contributed by atoms with van der Waals surface area (Å²) in [5.41, 5.74) is -0.234. The van der Waals surface area contributed by atoms with Crippen molar-refractivity contribution >= 4 is 11.7 Å². The SMILES string of the molecule is O=C(Oc1cc(F)ccc1[N+](=O)[O-])c1ccc(COCC(F)(F)F)cc1. The predicted molar refractivity (Wildman–Crippen MR) is 80.2 cm³/mol. The maximum absolute atomic E-state index is 13.2. The van der Waals surface area contributed by atoms with Crippen molar-refractivity contribution in [1.29, 1.82) is 0 Å². The largest absolute Gasteiger partial charge is 0.415 e. The molecule has 0 spiro atoms. The number of alkyl halides is 3. The number of nitro benzene ring substituents is 1. The Morgan fingerprint density at radius 3 is 2.35 bits per heavy atom. The highest BCUT2D eigenvalue weighted by atomic mass is 19.4. The molecule has 0 saturated carbocycles. The van der Waals surface area contributed by atoms with Gasteiger partial charge in [-0.1, -0.05) is 12.1 Å². The summed E-state index contributed by atoms with van der Waals surface area (Å²) in [5.74, 6) is -2.37. The average molecular weight is 373 g/mol. The highest BCUT2D eigenvalue weighted by Crippen LogP contribution is 2.28. The van der Waals surface area contributed by atoms with Gasteiger partial charge >= 0.3 is 17.8 Å². The molecule has 138 valence electrons.